The summed E-state index contributed by atoms with van der Waals surface area (Å²) in [4.78, 5) is 14.2. The van der Waals surface area contributed by atoms with E-state index >= 15 is 0 Å². The Labute approximate surface area is 109 Å². The highest BCUT2D eigenvalue weighted by atomic mass is 127. The van der Waals surface area contributed by atoms with E-state index in [0.717, 1.165) is 28.6 Å². The molecule has 1 saturated heterocycles. The fourth-order valence-corrected chi connectivity index (χ4v) is 2.49. The minimum absolute atomic E-state index is 0.0406. The van der Waals surface area contributed by atoms with Gasteiger partial charge >= 0.3 is 0 Å². The third-order valence-corrected chi connectivity index (χ3v) is 3.48. The van der Waals surface area contributed by atoms with Gasteiger partial charge in [-0.3, -0.25) is 4.79 Å². The van der Waals surface area contributed by atoms with Crippen molar-refractivity contribution in [2.75, 3.05) is 20.1 Å². The van der Waals surface area contributed by atoms with Crippen LogP contribution in [0.15, 0.2) is 24.3 Å². The second kappa shape index (κ2) is 5.14. The molecule has 0 aliphatic carbocycles. The van der Waals surface area contributed by atoms with E-state index in [2.05, 4.69) is 39.9 Å². The van der Waals surface area contributed by atoms with Crippen molar-refractivity contribution in [3.8, 4) is 0 Å². The number of amides is 1. The standard InChI is InChI=1S/C12H15IN2O/c1-15-6-5-11(8-15)14-12(16)9-3-2-4-10(13)7-9/h2-4,7,11H,5-6,8H2,1H3,(H,14,16). The van der Waals surface area contributed by atoms with Crippen LogP contribution in [0.2, 0.25) is 0 Å². The molecular weight excluding hydrogens is 315 g/mol. The number of halogens is 1. The van der Waals surface area contributed by atoms with Crippen molar-refractivity contribution in [1.82, 2.24) is 10.2 Å². The number of rotatable bonds is 2. The number of likely N-dealkylation sites (N-methyl/N-ethyl adjacent to an activating group) is 1. The van der Waals surface area contributed by atoms with Crippen molar-refractivity contribution in [1.29, 1.82) is 0 Å². The van der Waals surface area contributed by atoms with E-state index in [1.807, 2.05) is 24.3 Å². The lowest BCUT2D eigenvalue weighted by Crippen LogP contribution is -2.36. The van der Waals surface area contributed by atoms with Crippen molar-refractivity contribution in [2.45, 2.75) is 12.5 Å². The quantitative estimate of drug-likeness (QED) is 0.838. The van der Waals surface area contributed by atoms with Gasteiger partial charge in [-0.05, 0) is 60.8 Å². The van der Waals surface area contributed by atoms with Gasteiger partial charge in [0.2, 0.25) is 0 Å². The fraction of sp³-hybridized carbons (Fsp3) is 0.417. The first kappa shape index (κ1) is 11.9. The second-order valence-electron chi connectivity index (χ2n) is 4.23. The van der Waals surface area contributed by atoms with Crippen LogP contribution >= 0.6 is 22.6 Å². The fourth-order valence-electron chi connectivity index (χ4n) is 1.95. The van der Waals surface area contributed by atoms with E-state index in [0.29, 0.717) is 6.04 Å². The lowest BCUT2D eigenvalue weighted by Gasteiger charge is -2.12. The molecule has 86 valence electrons. The maximum absolute atomic E-state index is 11.9. The van der Waals surface area contributed by atoms with E-state index in [4.69, 9.17) is 0 Å². The monoisotopic (exact) mass is 330 g/mol. The molecule has 1 aromatic rings. The van der Waals surface area contributed by atoms with Crippen LogP contribution in [0, 0.1) is 3.57 Å². The van der Waals surface area contributed by atoms with E-state index in [9.17, 15) is 4.79 Å². The average Bonchev–Trinajstić information content (AvgIpc) is 2.64. The molecule has 0 aromatic heterocycles. The molecule has 1 heterocycles. The summed E-state index contributed by atoms with van der Waals surface area (Å²) in [6, 6.07) is 7.97. The number of benzene rings is 1. The van der Waals surface area contributed by atoms with Gasteiger partial charge in [0.15, 0.2) is 0 Å². The highest BCUT2D eigenvalue weighted by molar-refractivity contribution is 14.1. The van der Waals surface area contributed by atoms with E-state index < -0.39 is 0 Å². The van der Waals surface area contributed by atoms with Crippen LogP contribution in [0.4, 0.5) is 0 Å². The Balaban J connectivity index is 1.98. The molecule has 16 heavy (non-hydrogen) atoms. The number of likely N-dealkylation sites (tertiary alicyclic amines) is 1. The third kappa shape index (κ3) is 2.95. The topological polar surface area (TPSA) is 32.3 Å². The first-order valence-corrected chi connectivity index (χ1v) is 6.48. The second-order valence-corrected chi connectivity index (χ2v) is 5.48. The minimum Gasteiger partial charge on any atom is -0.348 e. The third-order valence-electron chi connectivity index (χ3n) is 2.81. The van der Waals surface area contributed by atoms with Gasteiger partial charge in [-0.15, -0.1) is 0 Å². The zero-order valence-corrected chi connectivity index (χ0v) is 11.4. The van der Waals surface area contributed by atoms with Crippen molar-refractivity contribution in [3.63, 3.8) is 0 Å². The molecule has 1 aliphatic heterocycles. The minimum atomic E-state index is 0.0406. The van der Waals surface area contributed by atoms with Crippen LogP contribution in [0.25, 0.3) is 0 Å². The molecule has 1 unspecified atom stereocenters. The van der Waals surface area contributed by atoms with Crippen LogP contribution in [-0.4, -0.2) is 37.0 Å². The summed E-state index contributed by atoms with van der Waals surface area (Å²) in [5.41, 5.74) is 0.751. The van der Waals surface area contributed by atoms with Crippen molar-refractivity contribution in [2.24, 2.45) is 0 Å². The SMILES string of the molecule is CN1CCC(NC(=O)c2cccc(I)c2)C1. The molecule has 1 aliphatic rings. The molecule has 0 bridgehead atoms. The summed E-state index contributed by atoms with van der Waals surface area (Å²) in [5.74, 6) is 0.0406. The highest BCUT2D eigenvalue weighted by Gasteiger charge is 2.21. The van der Waals surface area contributed by atoms with Gasteiger partial charge in [0.25, 0.3) is 5.91 Å². The molecule has 2 rings (SSSR count). The lowest BCUT2D eigenvalue weighted by molar-refractivity contribution is 0.0938. The molecule has 1 N–H and O–H groups in total. The van der Waals surface area contributed by atoms with Gasteiger partial charge < -0.3 is 10.2 Å². The van der Waals surface area contributed by atoms with Crippen LogP contribution in [0.5, 0.6) is 0 Å². The Bertz CT molecular complexity index is 394. The predicted molar refractivity (Wildman–Crippen MR) is 72.5 cm³/mol. The predicted octanol–water partition coefficient (Wildman–Crippen LogP) is 1.73. The smallest absolute Gasteiger partial charge is 0.251 e. The van der Waals surface area contributed by atoms with E-state index in [1.165, 1.54) is 0 Å². The molecule has 3 nitrogen and oxygen atoms in total. The van der Waals surface area contributed by atoms with Crippen LogP contribution in [-0.2, 0) is 0 Å². The van der Waals surface area contributed by atoms with Crippen LogP contribution in [0.3, 0.4) is 0 Å². The van der Waals surface area contributed by atoms with Crippen molar-refractivity contribution >= 4 is 28.5 Å². The normalized spacial score (nSPS) is 21.0. The first-order chi connectivity index (χ1) is 7.65. The van der Waals surface area contributed by atoms with Gasteiger partial charge in [-0.2, -0.15) is 0 Å². The molecule has 4 heteroatoms. The van der Waals surface area contributed by atoms with Crippen molar-refractivity contribution < 1.29 is 4.79 Å². The van der Waals surface area contributed by atoms with Gasteiger partial charge in [0.1, 0.15) is 0 Å². The Morgan fingerprint density at radius 1 is 1.56 bits per heavy atom. The van der Waals surface area contributed by atoms with Crippen molar-refractivity contribution in [3.05, 3.63) is 33.4 Å². The molecule has 0 spiro atoms. The average molecular weight is 330 g/mol. The molecular formula is C12H15IN2O. The summed E-state index contributed by atoms with van der Waals surface area (Å²) in [6.45, 7) is 2.02. The van der Waals surface area contributed by atoms with Crippen LogP contribution < -0.4 is 5.32 Å². The number of carbonyl (C=O) groups excluding carboxylic acids is 1. The summed E-state index contributed by atoms with van der Waals surface area (Å²) in [5, 5.41) is 3.07. The number of nitrogens with zero attached hydrogens (tertiary/aromatic N) is 1. The summed E-state index contributed by atoms with van der Waals surface area (Å²) in [6.07, 6.45) is 1.05. The highest BCUT2D eigenvalue weighted by Crippen LogP contribution is 2.10. The number of nitrogens with one attached hydrogen (secondary N) is 1. The van der Waals surface area contributed by atoms with Gasteiger partial charge in [0.05, 0.1) is 0 Å². The summed E-state index contributed by atoms with van der Waals surface area (Å²) < 4.78 is 1.09. The Kier molecular flexibility index (Phi) is 3.81. The first-order valence-electron chi connectivity index (χ1n) is 5.40. The molecule has 1 atom stereocenters. The Morgan fingerprint density at radius 3 is 3.00 bits per heavy atom. The zero-order chi connectivity index (χ0) is 11.5. The Hall–Kier alpha value is -0.620. The van der Waals surface area contributed by atoms with Gasteiger partial charge in [-0.1, -0.05) is 6.07 Å². The van der Waals surface area contributed by atoms with Gasteiger partial charge in [0, 0.05) is 21.7 Å². The number of carbonyl (C=O) groups is 1. The number of hydrogen-bond donors (Lipinski definition) is 1. The zero-order valence-electron chi connectivity index (χ0n) is 9.24. The molecule has 1 fully saturated rings. The van der Waals surface area contributed by atoms with E-state index in [1.54, 1.807) is 0 Å². The largest absolute Gasteiger partial charge is 0.348 e. The Morgan fingerprint density at radius 2 is 2.38 bits per heavy atom. The van der Waals surface area contributed by atoms with Crippen LogP contribution in [0.1, 0.15) is 16.8 Å². The molecule has 0 radical (unpaired) electrons. The number of hydrogen-bond acceptors (Lipinski definition) is 2. The summed E-state index contributed by atoms with van der Waals surface area (Å²) >= 11 is 2.22. The maximum Gasteiger partial charge on any atom is 0.251 e. The van der Waals surface area contributed by atoms with E-state index in [-0.39, 0.29) is 5.91 Å². The van der Waals surface area contributed by atoms with Gasteiger partial charge in [-0.25, -0.2) is 0 Å². The molecule has 0 saturated carbocycles. The molecule has 1 amide bonds. The summed E-state index contributed by atoms with van der Waals surface area (Å²) in [7, 11) is 2.08. The lowest BCUT2D eigenvalue weighted by atomic mass is 10.2. The maximum atomic E-state index is 11.9. The molecule has 1 aromatic carbocycles.